The third-order valence-corrected chi connectivity index (χ3v) is 4.59. The van der Waals surface area contributed by atoms with E-state index in [-0.39, 0.29) is 5.91 Å². The second-order valence-corrected chi connectivity index (χ2v) is 6.60. The van der Waals surface area contributed by atoms with E-state index in [1.807, 2.05) is 0 Å². The highest BCUT2D eigenvalue weighted by Gasteiger charge is 2.25. The Labute approximate surface area is 151 Å². The Hall–Kier alpha value is -1.47. The molecule has 2 N–H and O–H groups in total. The molecule has 0 radical (unpaired) electrons. The van der Waals surface area contributed by atoms with Crippen LogP contribution in [-0.2, 0) is 9.53 Å². The van der Waals surface area contributed by atoms with Crippen LogP contribution in [0.4, 0.5) is 0 Å². The van der Waals surface area contributed by atoms with Gasteiger partial charge in [-0.05, 0) is 19.0 Å². The molecule has 25 heavy (non-hydrogen) atoms. The predicted octanol–water partition coefficient (Wildman–Crippen LogP) is 0.717. The summed E-state index contributed by atoms with van der Waals surface area (Å²) in [6, 6.07) is 11.1. The quantitative estimate of drug-likeness (QED) is 0.610. The molecular weight excluding hydrogens is 316 g/mol. The highest BCUT2D eigenvalue weighted by atomic mass is 16.5. The van der Waals surface area contributed by atoms with Crippen molar-refractivity contribution in [3.8, 4) is 0 Å². The van der Waals surface area contributed by atoms with E-state index in [4.69, 9.17) is 4.74 Å². The van der Waals surface area contributed by atoms with Crippen LogP contribution in [0.15, 0.2) is 30.3 Å². The summed E-state index contributed by atoms with van der Waals surface area (Å²) in [5, 5.41) is 6.04. The van der Waals surface area contributed by atoms with Crippen molar-refractivity contribution in [2.24, 2.45) is 0 Å². The first kappa shape index (κ1) is 19.8. The molecule has 1 amide bonds. The van der Waals surface area contributed by atoms with Crippen LogP contribution in [0, 0.1) is 0 Å². The molecule has 1 atom stereocenters. The second kappa shape index (κ2) is 11.2. The van der Waals surface area contributed by atoms with Crippen LogP contribution in [0.3, 0.4) is 0 Å². The number of hydrogen-bond donors (Lipinski definition) is 2. The zero-order valence-corrected chi connectivity index (χ0v) is 15.5. The van der Waals surface area contributed by atoms with Crippen LogP contribution < -0.4 is 10.6 Å². The minimum atomic E-state index is 0.0501. The third-order valence-electron chi connectivity index (χ3n) is 4.59. The molecule has 1 unspecified atom stereocenters. The number of methoxy groups -OCH3 is 1. The fraction of sp³-hybridized carbons (Fsp3) is 0.632. The maximum absolute atomic E-state index is 11.8. The molecule has 0 bridgehead atoms. The number of benzene rings is 1. The van der Waals surface area contributed by atoms with Gasteiger partial charge in [0.1, 0.15) is 0 Å². The van der Waals surface area contributed by atoms with E-state index < -0.39 is 0 Å². The number of hydrogen-bond acceptors (Lipinski definition) is 5. The van der Waals surface area contributed by atoms with Crippen molar-refractivity contribution >= 4 is 5.91 Å². The van der Waals surface area contributed by atoms with Crippen molar-refractivity contribution in [3.63, 3.8) is 0 Å². The Morgan fingerprint density at radius 1 is 1.24 bits per heavy atom. The van der Waals surface area contributed by atoms with Gasteiger partial charge in [-0.3, -0.25) is 9.69 Å². The van der Waals surface area contributed by atoms with Gasteiger partial charge in [0.25, 0.3) is 0 Å². The predicted molar refractivity (Wildman–Crippen MR) is 101 cm³/mol. The number of ether oxygens (including phenoxy) is 1. The van der Waals surface area contributed by atoms with Crippen molar-refractivity contribution in [3.05, 3.63) is 35.9 Å². The molecule has 0 aromatic heterocycles. The normalized spacial score (nSPS) is 19.0. The van der Waals surface area contributed by atoms with E-state index in [2.05, 4.69) is 57.8 Å². The average Bonchev–Trinajstić information content (AvgIpc) is 2.64. The topological polar surface area (TPSA) is 56.8 Å². The number of carbonyl (C=O) groups excluding carboxylic acids is 1. The van der Waals surface area contributed by atoms with E-state index >= 15 is 0 Å². The first-order chi connectivity index (χ1) is 12.2. The van der Waals surface area contributed by atoms with Gasteiger partial charge >= 0.3 is 0 Å². The maximum atomic E-state index is 11.8. The summed E-state index contributed by atoms with van der Waals surface area (Å²) in [4.78, 5) is 16.7. The molecule has 1 aliphatic heterocycles. The molecular formula is C19H32N4O2. The van der Waals surface area contributed by atoms with Gasteiger partial charge in [-0.25, -0.2) is 0 Å². The lowest BCUT2D eigenvalue weighted by atomic mass is 10.0. The fourth-order valence-corrected chi connectivity index (χ4v) is 3.16. The lowest BCUT2D eigenvalue weighted by Gasteiger charge is -2.40. The van der Waals surface area contributed by atoms with Crippen LogP contribution >= 0.6 is 0 Å². The minimum absolute atomic E-state index is 0.0501. The molecule has 6 nitrogen and oxygen atoms in total. The molecule has 6 heteroatoms. The van der Waals surface area contributed by atoms with Gasteiger partial charge in [0.15, 0.2) is 0 Å². The van der Waals surface area contributed by atoms with Crippen LogP contribution in [-0.4, -0.2) is 82.3 Å². The Balaban J connectivity index is 1.70. The SMILES string of the molecule is COCCNCC(=O)NCCCN1CCN(C)CC1c1ccccc1. The van der Waals surface area contributed by atoms with Crippen LogP contribution in [0.5, 0.6) is 0 Å². The summed E-state index contributed by atoms with van der Waals surface area (Å²) in [7, 11) is 3.84. The summed E-state index contributed by atoms with van der Waals surface area (Å²) in [6.07, 6.45) is 0.969. The average molecular weight is 348 g/mol. The first-order valence-corrected chi connectivity index (χ1v) is 9.14. The van der Waals surface area contributed by atoms with Crippen molar-refractivity contribution < 1.29 is 9.53 Å². The van der Waals surface area contributed by atoms with Gasteiger partial charge in [0.05, 0.1) is 13.2 Å². The number of amides is 1. The Morgan fingerprint density at radius 3 is 2.80 bits per heavy atom. The van der Waals surface area contributed by atoms with E-state index in [9.17, 15) is 4.79 Å². The number of piperazine rings is 1. The number of rotatable bonds is 10. The van der Waals surface area contributed by atoms with E-state index in [1.165, 1.54) is 5.56 Å². The standard InChI is InChI=1S/C19H32N4O2/c1-22-12-13-23(18(16-22)17-7-4-3-5-8-17)11-6-9-21-19(24)15-20-10-14-25-2/h3-5,7-8,18,20H,6,9-16H2,1-2H3,(H,21,24). The van der Waals surface area contributed by atoms with Crippen molar-refractivity contribution in [2.45, 2.75) is 12.5 Å². The highest BCUT2D eigenvalue weighted by Crippen LogP contribution is 2.24. The molecule has 140 valence electrons. The van der Waals surface area contributed by atoms with E-state index in [1.54, 1.807) is 7.11 Å². The molecule has 1 heterocycles. The number of nitrogens with one attached hydrogen (secondary N) is 2. The number of carbonyl (C=O) groups is 1. The summed E-state index contributed by atoms with van der Waals surface area (Å²) in [5.74, 6) is 0.0501. The summed E-state index contributed by atoms with van der Waals surface area (Å²) >= 11 is 0. The Morgan fingerprint density at radius 2 is 2.04 bits per heavy atom. The molecule has 0 saturated carbocycles. The zero-order valence-electron chi connectivity index (χ0n) is 15.5. The van der Waals surface area contributed by atoms with Crippen LogP contribution in [0.1, 0.15) is 18.0 Å². The zero-order chi connectivity index (χ0) is 17.9. The molecule has 1 aliphatic rings. The van der Waals surface area contributed by atoms with Crippen molar-refractivity contribution in [1.82, 2.24) is 20.4 Å². The Kier molecular flexibility index (Phi) is 8.90. The Bertz CT molecular complexity index is 497. The summed E-state index contributed by atoms with van der Waals surface area (Å²) < 4.78 is 4.94. The molecule has 1 fully saturated rings. The van der Waals surface area contributed by atoms with Crippen molar-refractivity contribution in [1.29, 1.82) is 0 Å². The fourth-order valence-electron chi connectivity index (χ4n) is 3.16. The largest absolute Gasteiger partial charge is 0.383 e. The molecule has 0 spiro atoms. The number of nitrogens with zero attached hydrogens (tertiary/aromatic N) is 2. The molecule has 2 rings (SSSR count). The molecule has 1 aromatic rings. The first-order valence-electron chi connectivity index (χ1n) is 9.14. The van der Waals surface area contributed by atoms with Gasteiger partial charge in [-0.15, -0.1) is 0 Å². The molecule has 1 saturated heterocycles. The molecule has 0 aliphatic carbocycles. The molecule has 1 aromatic carbocycles. The van der Waals surface area contributed by atoms with E-state index in [0.29, 0.717) is 25.7 Å². The van der Waals surface area contributed by atoms with Gasteiger partial charge in [0.2, 0.25) is 5.91 Å². The highest BCUT2D eigenvalue weighted by molar-refractivity contribution is 5.77. The van der Waals surface area contributed by atoms with Crippen LogP contribution in [0.25, 0.3) is 0 Å². The van der Waals surface area contributed by atoms with E-state index in [0.717, 1.165) is 39.1 Å². The summed E-state index contributed by atoms with van der Waals surface area (Å²) in [6.45, 7) is 6.62. The smallest absolute Gasteiger partial charge is 0.233 e. The monoisotopic (exact) mass is 348 g/mol. The minimum Gasteiger partial charge on any atom is -0.383 e. The lowest BCUT2D eigenvalue weighted by Crippen LogP contribution is -2.47. The van der Waals surface area contributed by atoms with Crippen molar-refractivity contribution in [2.75, 3.05) is 66.6 Å². The second-order valence-electron chi connectivity index (χ2n) is 6.60. The van der Waals surface area contributed by atoms with Gasteiger partial charge in [-0.2, -0.15) is 0 Å². The van der Waals surface area contributed by atoms with Crippen LogP contribution in [0.2, 0.25) is 0 Å². The maximum Gasteiger partial charge on any atom is 0.233 e. The van der Waals surface area contributed by atoms with Gasteiger partial charge in [0, 0.05) is 52.4 Å². The van der Waals surface area contributed by atoms with Gasteiger partial charge in [-0.1, -0.05) is 30.3 Å². The lowest BCUT2D eigenvalue weighted by molar-refractivity contribution is -0.120. The number of likely N-dealkylation sites (N-methyl/N-ethyl adjacent to an activating group) is 1. The van der Waals surface area contributed by atoms with Gasteiger partial charge < -0.3 is 20.3 Å². The summed E-state index contributed by atoms with van der Waals surface area (Å²) in [5.41, 5.74) is 1.38. The third kappa shape index (κ3) is 7.12.